The van der Waals surface area contributed by atoms with Crippen LogP contribution in [-0.2, 0) is 28.4 Å². The lowest BCUT2D eigenvalue weighted by atomic mass is 10.0. The Kier molecular flexibility index (Phi) is 22.3. The SMILES string of the molecule is CCCN(CC[C@H](N)C(=O)O)C[C@H]1O[C@@H](N(C)C(/N=C(\OC)c2ccc(C(=O)NCCCOCCCNC(=O)CCCC[C@H]3SC[C@@H]4NC(=O)N[C@@H]43)cc2P(=O)(c2ccccc2)c2ccccc2)=N\C)[C@@H](O)C1O. The summed E-state index contributed by atoms with van der Waals surface area (Å²) in [6, 6.07) is 22.1. The number of rotatable bonds is 27. The molecule has 3 saturated heterocycles. The molecule has 6 rings (SSSR count). The number of carbonyl (C=O) groups excluding carboxylic acids is 3. The maximum atomic E-state index is 16.0. The Morgan fingerprint density at radius 2 is 1.62 bits per heavy atom. The number of aliphatic hydroxyl groups excluding tert-OH is 2. The number of carboxylic acids is 1. The van der Waals surface area contributed by atoms with Gasteiger partial charge in [0.25, 0.3) is 5.91 Å². The highest BCUT2D eigenvalue weighted by Gasteiger charge is 2.46. The van der Waals surface area contributed by atoms with Gasteiger partial charge in [-0.25, -0.2) is 4.79 Å². The van der Waals surface area contributed by atoms with Gasteiger partial charge in [-0.2, -0.15) is 16.8 Å². The molecular formula is C52H74N9O11PS. The number of likely N-dealkylation sites (N-methyl/N-ethyl adjacent to an activating group) is 1. The van der Waals surface area contributed by atoms with Crippen LogP contribution in [0.4, 0.5) is 4.79 Å². The number of unbranched alkanes of at least 4 members (excludes halogenated alkanes) is 1. The number of aliphatic carboxylic acids is 1. The number of hydrogen-bond donors (Lipinski definition) is 8. The number of benzene rings is 3. The molecule has 74 heavy (non-hydrogen) atoms. The molecule has 22 heteroatoms. The molecule has 0 spiro atoms. The minimum Gasteiger partial charge on any atom is -0.480 e. The fourth-order valence-corrected chi connectivity index (χ4v) is 13.8. The number of hydrogen-bond acceptors (Lipinski definition) is 14. The second-order valence-corrected chi connectivity index (χ2v) is 22.6. The fourth-order valence-electron chi connectivity index (χ4n) is 9.38. The normalized spacial score (nSPS) is 22.2. The third-order valence-electron chi connectivity index (χ3n) is 13.4. The highest BCUT2D eigenvalue weighted by molar-refractivity contribution is 8.00. The molecule has 404 valence electrons. The number of aliphatic imine (C=N–C) groups is 2. The van der Waals surface area contributed by atoms with Crippen molar-refractivity contribution < 1.29 is 53.3 Å². The summed E-state index contributed by atoms with van der Waals surface area (Å²) < 4.78 is 34.0. The Balaban J connectivity index is 1.08. The quantitative estimate of drug-likeness (QED) is 0.0178. The van der Waals surface area contributed by atoms with Crippen molar-refractivity contribution in [2.45, 2.75) is 106 Å². The number of carbonyl (C=O) groups is 4. The third kappa shape index (κ3) is 15.1. The van der Waals surface area contributed by atoms with Gasteiger partial charge in [0.2, 0.25) is 17.8 Å². The molecule has 20 nitrogen and oxygen atoms in total. The molecule has 0 aliphatic carbocycles. The molecule has 3 aliphatic rings. The largest absolute Gasteiger partial charge is 0.480 e. The second kappa shape index (κ2) is 28.5. The van der Waals surface area contributed by atoms with Crippen LogP contribution in [0.5, 0.6) is 0 Å². The molecule has 0 radical (unpaired) electrons. The van der Waals surface area contributed by atoms with E-state index in [4.69, 9.17) is 24.9 Å². The first-order valence-electron chi connectivity index (χ1n) is 25.4. The Morgan fingerprint density at radius 3 is 2.26 bits per heavy atom. The number of amides is 4. The van der Waals surface area contributed by atoms with Crippen LogP contribution >= 0.6 is 18.9 Å². The summed E-state index contributed by atoms with van der Waals surface area (Å²) in [4.78, 5) is 61.9. The molecule has 4 amide bonds. The van der Waals surface area contributed by atoms with Crippen LogP contribution in [0.25, 0.3) is 0 Å². The molecule has 3 fully saturated rings. The number of ether oxygens (including phenoxy) is 3. The molecular weight excluding hydrogens is 990 g/mol. The predicted octanol–water partition coefficient (Wildman–Crippen LogP) is 1.97. The molecule has 9 N–H and O–H groups in total. The lowest BCUT2D eigenvalue weighted by Crippen LogP contribution is -2.45. The Hall–Kier alpha value is -5.38. The van der Waals surface area contributed by atoms with E-state index in [1.807, 2.05) is 35.7 Å². The monoisotopic (exact) mass is 1060 g/mol. The van der Waals surface area contributed by atoms with Crippen molar-refractivity contribution in [3.63, 3.8) is 0 Å². The summed E-state index contributed by atoms with van der Waals surface area (Å²) in [5.74, 6) is -0.517. The molecule has 0 saturated carbocycles. The molecule has 1 unspecified atom stereocenters. The first-order valence-corrected chi connectivity index (χ1v) is 28.2. The zero-order valence-electron chi connectivity index (χ0n) is 42.8. The average molecular weight is 1060 g/mol. The van der Waals surface area contributed by atoms with Gasteiger partial charge >= 0.3 is 12.0 Å². The van der Waals surface area contributed by atoms with E-state index in [1.54, 1.807) is 73.8 Å². The van der Waals surface area contributed by atoms with Crippen LogP contribution in [0.15, 0.2) is 88.8 Å². The minimum atomic E-state index is -3.78. The number of fused-ring (bicyclic) bond motifs is 1. The van der Waals surface area contributed by atoms with Crippen LogP contribution < -0.4 is 42.9 Å². The van der Waals surface area contributed by atoms with Gasteiger partial charge in [0.15, 0.2) is 13.4 Å². The van der Waals surface area contributed by atoms with Crippen molar-refractivity contribution in [1.82, 2.24) is 31.1 Å². The van der Waals surface area contributed by atoms with Crippen LogP contribution in [0.1, 0.15) is 74.2 Å². The highest BCUT2D eigenvalue weighted by Crippen LogP contribution is 2.44. The zero-order valence-corrected chi connectivity index (χ0v) is 44.5. The van der Waals surface area contributed by atoms with Crippen molar-refractivity contribution in [3.8, 4) is 0 Å². The highest BCUT2D eigenvalue weighted by atomic mass is 32.2. The lowest BCUT2D eigenvalue weighted by Gasteiger charge is -2.29. The fraction of sp³-hybridized carbons (Fsp3) is 0.538. The summed E-state index contributed by atoms with van der Waals surface area (Å²) in [5, 5.41) is 45.4. The van der Waals surface area contributed by atoms with Crippen LogP contribution in [0.2, 0.25) is 0 Å². The van der Waals surface area contributed by atoms with E-state index in [0.717, 1.165) is 31.4 Å². The minimum absolute atomic E-state index is 0.00345. The van der Waals surface area contributed by atoms with E-state index < -0.39 is 49.6 Å². The predicted molar refractivity (Wildman–Crippen MR) is 287 cm³/mol. The van der Waals surface area contributed by atoms with E-state index in [9.17, 15) is 34.5 Å². The Labute approximate surface area is 438 Å². The van der Waals surface area contributed by atoms with Gasteiger partial charge in [0.1, 0.15) is 24.4 Å². The Morgan fingerprint density at radius 1 is 0.946 bits per heavy atom. The molecule has 3 aromatic rings. The maximum absolute atomic E-state index is 16.0. The number of nitrogens with two attached hydrogens (primary N) is 1. The van der Waals surface area contributed by atoms with Crippen LogP contribution in [-0.4, -0.2) is 182 Å². The molecule has 3 aromatic carbocycles. The van der Waals surface area contributed by atoms with Gasteiger partial charge in [-0.15, -0.1) is 0 Å². The molecule has 3 aliphatic heterocycles. The van der Waals surface area contributed by atoms with E-state index in [2.05, 4.69) is 26.3 Å². The summed E-state index contributed by atoms with van der Waals surface area (Å²) in [5.41, 5.74) is 6.33. The number of nitrogens with one attached hydrogen (secondary N) is 4. The van der Waals surface area contributed by atoms with Crippen molar-refractivity contribution in [3.05, 3.63) is 90.0 Å². The number of thioether (sulfide) groups is 1. The smallest absolute Gasteiger partial charge is 0.320 e. The van der Waals surface area contributed by atoms with Gasteiger partial charge in [-0.1, -0.05) is 74.0 Å². The number of urea groups is 1. The topological polar surface area (TPSA) is 279 Å². The van der Waals surface area contributed by atoms with Gasteiger partial charge in [-0.3, -0.25) is 19.4 Å². The lowest BCUT2D eigenvalue weighted by molar-refractivity contribution is -0.138. The van der Waals surface area contributed by atoms with Crippen LogP contribution in [0, 0.1) is 0 Å². The van der Waals surface area contributed by atoms with E-state index in [0.29, 0.717) is 80.1 Å². The first-order chi connectivity index (χ1) is 35.7. The number of methoxy groups -OCH3 is 1. The summed E-state index contributed by atoms with van der Waals surface area (Å²) in [7, 11) is 0.731. The van der Waals surface area contributed by atoms with E-state index >= 15 is 4.57 Å². The molecule has 8 atom stereocenters. The van der Waals surface area contributed by atoms with Gasteiger partial charge in [0, 0.05) is 98.0 Å². The maximum Gasteiger partial charge on any atom is 0.320 e. The number of aliphatic hydroxyl groups is 2. The second-order valence-electron chi connectivity index (χ2n) is 18.6. The Bertz CT molecular complexity index is 2400. The van der Waals surface area contributed by atoms with Crippen molar-refractivity contribution >= 4 is 70.5 Å². The van der Waals surface area contributed by atoms with Crippen molar-refractivity contribution in [1.29, 1.82) is 0 Å². The summed E-state index contributed by atoms with van der Waals surface area (Å²) >= 11 is 1.88. The van der Waals surface area contributed by atoms with Crippen molar-refractivity contribution in [2.75, 3.05) is 72.9 Å². The molecule has 0 bridgehead atoms. The standard InChI is InChI=1S/C52H74N9O11PS/c1-5-27-61(28-24-38(53)50(66)67)32-40-45(63)46(64)49(72-40)60(3)51(54-2)59-48(70-4)37-23-22-34(31-41(37)73(69,35-16-8-6-9-17-35)36-18-10-7-11-19-36)47(65)56-26-15-30-71-29-14-25-55-43(62)21-13-12-20-42-44-39(33-74-42)57-52(68)58-44/h6-11,16-19,22-23,31,38-40,42,44-46,49,63-64H,5,12-15,20-21,24-30,32-33,53H2,1-4H3,(H,55,62)(H,56,65)(H,66,67)(H2,57,58,68)/b54-51-,59-48-/t38-,39-,40+,42+,44-,45?,46-,49+/m0/s1. The van der Waals surface area contributed by atoms with Gasteiger partial charge < -0.3 is 70.9 Å². The summed E-state index contributed by atoms with van der Waals surface area (Å²) in [6.07, 6.45) is 0.604. The zero-order chi connectivity index (χ0) is 53.2. The number of carboxylic acid groups (broad SMARTS) is 1. The molecule has 0 aromatic heterocycles. The number of guanidine groups is 1. The van der Waals surface area contributed by atoms with E-state index in [1.165, 1.54) is 19.1 Å². The van der Waals surface area contributed by atoms with E-state index in [-0.39, 0.29) is 59.7 Å². The number of nitrogens with zero attached hydrogens (tertiary/aromatic N) is 4. The first kappa shape index (κ1) is 57.9. The van der Waals surface area contributed by atoms with Gasteiger partial charge in [0.05, 0.1) is 19.2 Å². The molecule has 3 heterocycles. The summed E-state index contributed by atoms with van der Waals surface area (Å²) in [6.45, 7) is 4.75. The average Bonchev–Trinajstić information content (AvgIpc) is 4.06. The third-order valence-corrected chi connectivity index (χ3v) is 18.0. The van der Waals surface area contributed by atoms with Gasteiger partial charge in [-0.05, 0) is 63.3 Å². The van der Waals surface area contributed by atoms with Crippen LogP contribution in [0.3, 0.4) is 0 Å². The van der Waals surface area contributed by atoms with Crippen molar-refractivity contribution in [2.24, 2.45) is 15.7 Å².